The van der Waals surface area contributed by atoms with Gasteiger partial charge in [0, 0.05) is 5.69 Å². The van der Waals surface area contributed by atoms with Crippen LogP contribution in [0.15, 0.2) is 76.5 Å². The zero-order chi connectivity index (χ0) is 24.8. The first-order chi connectivity index (χ1) is 16.8. The number of hydrogen-bond donors (Lipinski definition) is 1. The van der Waals surface area contributed by atoms with Crippen molar-refractivity contribution in [3.8, 4) is 5.75 Å². The summed E-state index contributed by atoms with van der Waals surface area (Å²) in [7, 11) is 0. The Morgan fingerprint density at radius 1 is 1.06 bits per heavy atom. The number of benzene rings is 2. The molecule has 2 aromatic heterocycles. The van der Waals surface area contributed by atoms with Crippen molar-refractivity contribution in [1.82, 2.24) is 14.8 Å². The van der Waals surface area contributed by atoms with E-state index in [0.29, 0.717) is 17.5 Å². The zero-order valence-corrected chi connectivity index (χ0v) is 21.3. The molecule has 2 aromatic carbocycles. The lowest BCUT2D eigenvalue weighted by Crippen LogP contribution is -2.20. The second-order valence-electron chi connectivity index (χ2n) is 9.30. The number of ether oxygens (including phenoxy) is 1. The molecule has 0 saturated carbocycles. The number of thioether (sulfide) groups is 1. The van der Waals surface area contributed by atoms with E-state index in [9.17, 15) is 4.79 Å². The van der Waals surface area contributed by atoms with Crippen molar-refractivity contribution in [2.45, 2.75) is 51.4 Å². The van der Waals surface area contributed by atoms with Crippen molar-refractivity contribution in [2.75, 3.05) is 11.1 Å². The number of furan rings is 1. The molecule has 1 amide bonds. The Morgan fingerprint density at radius 2 is 1.83 bits per heavy atom. The fraction of sp³-hybridized carbons (Fsp3) is 0.296. The number of aryl methyl sites for hydroxylation is 1. The van der Waals surface area contributed by atoms with Crippen molar-refractivity contribution in [1.29, 1.82) is 0 Å². The molecule has 0 radical (unpaired) electrons. The van der Waals surface area contributed by atoms with Crippen LogP contribution < -0.4 is 10.1 Å². The molecule has 0 spiro atoms. The van der Waals surface area contributed by atoms with Crippen LogP contribution in [0, 0.1) is 6.92 Å². The number of para-hydroxylation sites is 1. The first-order valence-corrected chi connectivity index (χ1v) is 12.4. The van der Waals surface area contributed by atoms with E-state index < -0.39 is 0 Å². The highest BCUT2D eigenvalue weighted by Crippen LogP contribution is 2.29. The highest BCUT2D eigenvalue weighted by Gasteiger charge is 2.20. The molecular formula is C27H30N4O3S. The van der Waals surface area contributed by atoms with Crippen LogP contribution in [-0.4, -0.2) is 26.4 Å². The summed E-state index contributed by atoms with van der Waals surface area (Å²) in [6.07, 6.45) is 1.63. The van der Waals surface area contributed by atoms with Gasteiger partial charge in [0.15, 0.2) is 11.0 Å². The van der Waals surface area contributed by atoms with Gasteiger partial charge in [-0.15, -0.1) is 10.2 Å². The standard InChI is InChI=1S/C27H30N4O3S/c1-19-11-13-20(14-12-19)34-17-24-29-30-26(31(24)16-21-8-7-15-33-21)35-18-25(32)28-23-10-6-5-9-22(23)27(2,3)4/h5-15H,16-18H2,1-4H3,(H,28,32). The second-order valence-corrected chi connectivity index (χ2v) is 10.2. The molecule has 0 aliphatic heterocycles. The first-order valence-electron chi connectivity index (χ1n) is 11.5. The molecule has 0 aliphatic carbocycles. The smallest absolute Gasteiger partial charge is 0.234 e. The topological polar surface area (TPSA) is 82.2 Å². The SMILES string of the molecule is Cc1ccc(OCc2nnc(SCC(=O)Nc3ccccc3C(C)(C)C)n2Cc2ccco2)cc1. The monoisotopic (exact) mass is 490 g/mol. The molecule has 0 unspecified atom stereocenters. The molecule has 8 heteroatoms. The maximum absolute atomic E-state index is 12.8. The predicted octanol–water partition coefficient (Wildman–Crippen LogP) is 5.84. The van der Waals surface area contributed by atoms with Gasteiger partial charge in [-0.1, -0.05) is 68.4 Å². The van der Waals surface area contributed by atoms with E-state index in [1.165, 1.54) is 17.3 Å². The van der Waals surface area contributed by atoms with E-state index >= 15 is 0 Å². The summed E-state index contributed by atoms with van der Waals surface area (Å²) in [6, 6.07) is 19.5. The third-order valence-electron chi connectivity index (χ3n) is 5.42. The van der Waals surface area contributed by atoms with E-state index in [1.54, 1.807) is 6.26 Å². The summed E-state index contributed by atoms with van der Waals surface area (Å²) in [5, 5.41) is 12.3. The number of rotatable bonds is 9. The second kappa shape index (κ2) is 10.8. The van der Waals surface area contributed by atoms with Crippen LogP contribution in [0.4, 0.5) is 5.69 Å². The van der Waals surface area contributed by atoms with Crippen LogP contribution in [0.2, 0.25) is 0 Å². The predicted molar refractivity (Wildman–Crippen MR) is 138 cm³/mol. The molecule has 2 heterocycles. The average Bonchev–Trinajstić information content (AvgIpc) is 3.47. The van der Waals surface area contributed by atoms with Gasteiger partial charge in [-0.3, -0.25) is 9.36 Å². The fourth-order valence-electron chi connectivity index (χ4n) is 3.59. The molecule has 0 bridgehead atoms. The molecule has 182 valence electrons. The highest BCUT2D eigenvalue weighted by molar-refractivity contribution is 7.99. The van der Waals surface area contributed by atoms with Crippen molar-refractivity contribution in [3.05, 3.63) is 89.6 Å². The van der Waals surface area contributed by atoms with Crippen LogP contribution >= 0.6 is 11.8 Å². The molecule has 7 nitrogen and oxygen atoms in total. The van der Waals surface area contributed by atoms with Gasteiger partial charge < -0.3 is 14.5 Å². The van der Waals surface area contributed by atoms with E-state index in [0.717, 1.165) is 22.8 Å². The largest absolute Gasteiger partial charge is 0.486 e. The zero-order valence-electron chi connectivity index (χ0n) is 20.4. The van der Waals surface area contributed by atoms with Gasteiger partial charge in [-0.2, -0.15) is 0 Å². The van der Waals surface area contributed by atoms with E-state index in [1.807, 2.05) is 72.2 Å². The normalized spacial score (nSPS) is 11.4. The number of anilines is 1. The van der Waals surface area contributed by atoms with E-state index in [4.69, 9.17) is 9.15 Å². The number of nitrogens with zero attached hydrogens (tertiary/aromatic N) is 3. The van der Waals surface area contributed by atoms with Crippen LogP contribution in [0.1, 0.15) is 43.5 Å². The molecule has 4 aromatic rings. The molecule has 35 heavy (non-hydrogen) atoms. The minimum atomic E-state index is -0.100. The van der Waals surface area contributed by atoms with Gasteiger partial charge in [0.25, 0.3) is 0 Å². The minimum absolute atomic E-state index is 0.0768. The van der Waals surface area contributed by atoms with Gasteiger partial charge in [0.1, 0.15) is 18.1 Å². The van der Waals surface area contributed by atoms with E-state index in [2.05, 4.69) is 36.3 Å². The van der Waals surface area contributed by atoms with Crippen LogP contribution in [0.25, 0.3) is 0 Å². The summed E-state index contributed by atoms with van der Waals surface area (Å²) in [6.45, 7) is 9.12. The van der Waals surface area contributed by atoms with Crippen LogP contribution in [0.3, 0.4) is 0 Å². The Morgan fingerprint density at radius 3 is 2.54 bits per heavy atom. The molecule has 0 fully saturated rings. The fourth-order valence-corrected chi connectivity index (χ4v) is 4.35. The Hall–Kier alpha value is -3.52. The van der Waals surface area contributed by atoms with E-state index in [-0.39, 0.29) is 23.7 Å². The maximum atomic E-state index is 12.8. The Kier molecular flexibility index (Phi) is 7.60. The summed E-state index contributed by atoms with van der Waals surface area (Å²) in [4.78, 5) is 12.8. The van der Waals surface area contributed by atoms with Gasteiger partial charge >= 0.3 is 0 Å². The Balaban J connectivity index is 1.46. The lowest BCUT2D eigenvalue weighted by molar-refractivity contribution is -0.113. The van der Waals surface area contributed by atoms with Gasteiger partial charge in [-0.25, -0.2) is 0 Å². The number of amides is 1. The maximum Gasteiger partial charge on any atom is 0.234 e. The van der Waals surface area contributed by atoms with Crippen molar-refractivity contribution < 1.29 is 13.9 Å². The number of nitrogens with one attached hydrogen (secondary N) is 1. The molecule has 0 saturated heterocycles. The van der Waals surface area contributed by atoms with Crippen molar-refractivity contribution in [3.63, 3.8) is 0 Å². The third-order valence-corrected chi connectivity index (χ3v) is 6.38. The quantitative estimate of drug-likeness (QED) is 0.297. The molecule has 4 rings (SSSR count). The average molecular weight is 491 g/mol. The molecule has 1 N–H and O–H groups in total. The highest BCUT2D eigenvalue weighted by atomic mass is 32.2. The van der Waals surface area contributed by atoms with Gasteiger partial charge in [-0.05, 0) is 48.2 Å². The summed E-state index contributed by atoms with van der Waals surface area (Å²) in [5.41, 5.74) is 3.01. The summed E-state index contributed by atoms with van der Waals surface area (Å²) < 4.78 is 13.4. The molecule has 0 atom stereocenters. The number of aromatic nitrogens is 3. The Labute approximate surface area is 209 Å². The van der Waals surface area contributed by atoms with Crippen molar-refractivity contribution in [2.24, 2.45) is 0 Å². The molecular weight excluding hydrogens is 460 g/mol. The summed E-state index contributed by atoms with van der Waals surface area (Å²) >= 11 is 1.33. The third kappa shape index (κ3) is 6.54. The molecule has 0 aliphatic rings. The number of carbonyl (C=O) groups is 1. The van der Waals surface area contributed by atoms with Crippen molar-refractivity contribution >= 4 is 23.4 Å². The lowest BCUT2D eigenvalue weighted by Gasteiger charge is -2.22. The number of hydrogen-bond acceptors (Lipinski definition) is 6. The van der Waals surface area contributed by atoms with Crippen LogP contribution in [0.5, 0.6) is 5.75 Å². The van der Waals surface area contributed by atoms with Gasteiger partial charge in [0.2, 0.25) is 5.91 Å². The number of carbonyl (C=O) groups excluding carboxylic acids is 1. The Bertz CT molecular complexity index is 1260. The lowest BCUT2D eigenvalue weighted by atomic mass is 9.86. The first kappa shape index (κ1) is 24.6. The minimum Gasteiger partial charge on any atom is -0.486 e. The van der Waals surface area contributed by atoms with Gasteiger partial charge in [0.05, 0.1) is 18.6 Å². The van der Waals surface area contributed by atoms with Crippen LogP contribution in [-0.2, 0) is 23.4 Å². The summed E-state index contributed by atoms with van der Waals surface area (Å²) in [5.74, 6) is 2.29.